The molecule has 6 heteroatoms. The van der Waals surface area contributed by atoms with Gasteiger partial charge in [0.25, 0.3) is 5.91 Å². The van der Waals surface area contributed by atoms with Gasteiger partial charge in [-0.3, -0.25) is 9.69 Å². The summed E-state index contributed by atoms with van der Waals surface area (Å²) in [5.74, 6) is 0.694. The molecule has 1 fully saturated rings. The molecule has 0 aliphatic carbocycles. The van der Waals surface area contributed by atoms with Crippen LogP contribution in [0, 0.1) is 17.2 Å². The number of piperazine rings is 1. The first-order valence-corrected chi connectivity index (χ1v) is 8.48. The van der Waals surface area contributed by atoms with Crippen LogP contribution in [0.3, 0.4) is 0 Å². The van der Waals surface area contributed by atoms with Crippen molar-refractivity contribution in [2.45, 2.75) is 39.8 Å². The van der Waals surface area contributed by atoms with Crippen molar-refractivity contribution in [3.63, 3.8) is 0 Å². The van der Waals surface area contributed by atoms with Crippen LogP contribution in [0.15, 0.2) is 18.3 Å². The summed E-state index contributed by atoms with van der Waals surface area (Å²) in [6.07, 6.45) is 1.60. The summed E-state index contributed by atoms with van der Waals surface area (Å²) < 4.78 is 5.70. The predicted molar refractivity (Wildman–Crippen MR) is 91.7 cm³/mol. The minimum Gasteiger partial charge on any atom is -0.489 e. The zero-order valence-electron chi connectivity index (χ0n) is 14.9. The molecular formula is C18H26N4O2. The Bertz CT molecular complexity index is 601. The molecule has 0 aromatic carbocycles. The van der Waals surface area contributed by atoms with E-state index in [4.69, 9.17) is 4.74 Å². The molecule has 0 bridgehead atoms. The molecule has 1 aliphatic rings. The Kier molecular flexibility index (Phi) is 6.16. The summed E-state index contributed by atoms with van der Waals surface area (Å²) in [5.41, 5.74) is 0.361. The zero-order chi connectivity index (χ0) is 17.7. The molecule has 0 unspecified atom stereocenters. The Hall–Kier alpha value is -2.13. The first kappa shape index (κ1) is 18.2. The highest BCUT2D eigenvalue weighted by Crippen LogP contribution is 2.20. The average molecular weight is 330 g/mol. The number of carbonyl (C=O) groups excluding carboxylic acids is 1. The molecule has 1 amide bonds. The van der Waals surface area contributed by atoms with Crippen LogP contribution in [0.4, 0.5) is 0 Å². The van der Waals surface area contributed by atoms with Gasteiger partial charge in [-0.05, 0) is 31.9 Å². The normalized spacial score (nSPS) is 17.0. The van der Waals surface area contributed by atoms with Crippen molar-refractivity contribution in [1.82, 2.24) is 14.8 Å². The molecule has 1 aromatic rings. The van der Waals surface area contributed by atoms with Crippen molar-refractivity contribution in [3.05, 3.63) is 24.0 Å². The summed E-state index contributed by atoms with van der Waals surface area (Å²) >= 11 is 0. The smallest absolute Gasteiger partial charge is 0.276 e. The monoisotopic (exact) mass is 330 g/mol. The van der Waals surface area contributed by atoms with Crippen molar-refractivity contribution in [2.24, 2.45) is 5.92 Å². The third-order valence-electron chi connectivity index (χ3n) is 4.09. The molecule has 6 nitrogen and oxygen atoms in total. The number of hydrogen-bond acceptors (Lipinski definition) is 5. The number of hydrogen-bond donors (Lipinski definition) is 0. The molecule has 130 valence electrons. The van der Waals surface area contributed by atoms with Crippen LogP contribution in [0.5, 0.6) is 5.75 Å². The van der Waals surface area contributed by atoms with E-state index in [2.05, 4.69) is 29.8 Å². The van der Waals surface area contributed by atoms with Gasteiger partial charge in [-0.2, -0.15) is 5.26 Å². The van der Waals surface area contributed by atoms with E-state index in [-0.39, 0.29) is 24.0 Å². The molecule has 2 heterocycles. The molecule has 1 atom stereocenters. The summed E-state index contributed by atoms with van der Waals surface area (Å²) in [6.45, 7) is 10.6. The lowest BCUT2D eigenvalue weighted by atomic mass is 10.0. The van der Waals surface area contributed by atoms with Gasteiger partial charge in [0.2, 0.25) is 0 Å². The Morgan fingerprint density at radius 3 is 2.46 bits per heavy atom. The molecule has 0 saturated carbocycles. The Morgan fingerprint density at radius 2 is 1.92 bits per heavy atom. The van der Waals surface area contributed by atoms with Gasteiger partial charge in [-0.1, -0.05) is 13.8 Å². The first-order valence-electron chi connectivity index (χ1n) is 8.48. The van der Waals surface area contributed by atoms with Crippen LogP contribution in [0.2, 0.25) is 0 Å². The van der Waals surface area contributed by atoms with Crippen LogP contribution >= 0.6 is 0 Å². The largest absolute Gasteiger partial charge is 0.489 e. The number of aromatic nitrogens is 1. The minimum absolute atomic E-state index is 0.0139. The maximum Gasteiger partial charge on any atom is 0.276 e. The lowest BCUT2D eigenvalue weighted by molar-refractivity contribution is 0.0565. The molecule has 0 spiro atoms. The van der Waals surface area contributed by atoms with Gasteiger partial charge >= 0.3 is 0 Å². The molecule has 0 radical (unpaired) electrons. The number of ether oxygens (including phenoxy) is 1. The van der Waals surface area contributed by atoms with Crippen molar-refractivity contribution in [2.75, 3.05) is 26.2 Å². The number of nitrogens with zero attached hydrogens (tertiary/aromatic N) is 4. The van der Waals surface area contributed by atoms with Gasteiger partial charge < -0.3 is 9.64 Å². The molecule has 1 aromatic heterocycles. The highest BCUT2D eigenvalue weighted by molar-refractivity contribution is 5.95. The van der Waals surface area contributed by atoms with Crippen LogP contribution < -0.4 is 4.74 Å². The first-order chi connectivity index (χ1) is 11.4. The summed E-state index contributed by atoms with van der Waals surface area (Å²) in [6, 6.07) is 5.82. The lowest BCUT2D eigenvalue weighted by Gasteiger charge is -2.38. The molecule has 1 aliphatic heterocycles. The maximum atomic E-state index is 12.8. The minimum atomic E-state index is -0.107. The quantitative estimate of drug-likeness (QED) is 0.827. The molecule has 2 rings (SSSR count). The Morgan fingerprint density at radius 1 is 1.25 bits per heavy atom. The van der Waals surface area contributed by atoms with Crippen LogP contribution in [0.1, 0.15) is 38.2 Å². The molecular weight excluding hydrogens is 304 g/mol. The summed E-state index contributed by atoms with van der Waals surface area (Å²) in [7, 11) is 0. The fourth-order valence-corrected chi connectivity index (χ4v) is 2.91. The average Bonchev–Trinajstić information content (AvgIpc) is 2.55. The van der Waals surface area contributed by atoms with Crippen LogP contribution in [-0.4, -0.2) is 59.0 Å². The van der Waals surface area contributed by atoms with E-state index >= 15 is 0 Å². The standard InChI is InChI=1S/C18H26N4O2/c1-13(2)15(12-19)21-8-10-22(11-9-21)18(23)17-16(24-14(3)4)6-5-7-20-17/h5-7,13-15H,8-11H2,1-4H3/t15-/m1/s1. The fourth-order valence-electron chi connectivity index (χ4n) is 2.91. The maximum absolute atomic E-state index is 12.8. The van der Waals surface area contributed by atoms with Gasteiger partial charge in [0.05, 0.1) is 12.2 Å². The Balaban J connectivity index is 2.05. The van der Waals surface area contributed by atoms with E-state index in [9.17, 15) is 10.1 Å². The van der Waals surface area contributed by atoms with Crippen LogP contribution in [-0.2, 0) is 0 Å². The SMILES string of the molecule is CC(C)Oc1cccnc1C(=O)N1CCN([C@H](C#N)C(C)C)CC1. The number of carbonyl (C=O) groups is 1. The second-order valence-corrected chi connectivity index (χ2v) is 6.66. The van der Waals surface area contributed by atoms with Gasteiger partial charge in [0.1, 0.15) is 6.04 Å². The van der Waals surface area contributed by atoms with Gasteiger partial charge in [-0.25, -0.2) is 4.98 Å². The molecule has 1 saturated heterocycles. The van der Waals surface area contributed by atoms with Gasteiger partial charge in [0.15, 0.2) is 11.4 Å². The fraction of sp³-hybridized carbons (Fsp3) is 0.611. The van der Waals surface area contributed by atoms with E-state index in [0.717, 1.165) is 0 Å². The number of rotatable bonds is 5. The van der Waals surface area contributed by atoms with E-state index in [1.165, 1.54) is 0 Å². The van der Waals surface area contributed by atoms with Crippen molar-refractivity contribution >= 4 is 5.91 Å². The van der Waals surface area contributed by atoms with Gasteiger partial charge in [0, 0.05) is 32.4 Å². The second kappa shape index (κ2) is 8.11. The van der Waals surface area contributed by atoms with Crippen molar-refractivity contribution in [1.29, 1.82) is 5.26 Å². The van der Waals surface area contributed by atoms with Crippen molar-refractivity contribution < 1.29 is 9.53 Å². The highest BCUT2D eigenvalue weighted by atomic mass is 16.5. The third-order valence-corrected chi connectivity index (χ3v) is 4.09. The van der Waals surface area contributed by atoms with E-state index in [1.807, 2.05) is 13.8 Å². The number of pyridine rings is 1. The van der Waals surface area contributed by atoms with E-state index in [1.54, 1.807) is 23.2 Å². The molecule has 24 heavy (non-hydrogen) atoms. The van der Waals surface area contributed by atoms with Crippen molar-refractivity contribution in [3.8, 4) is 11.8 Å². The summed E-state index contributed by atoms with van der Waals surface area (Å²) in [4.78, 5) is 20.9. The number of amides is 1. The summed E-state index contributed by atoms with van der Waals surface area (Å²) in [5, 5.41) is 9.32. The Labute approximate surface area is 144 Å². The van der Waals surface area contributed by atoms with E-state index in [0.29, 0.717) is 37.6 Å². The second-order valence-electron chi connectivity index (χ2n) is 6.66. The molecule has 0 N–H and O–H groups in total. The predicted octanol–water partition coefficient (Wildman–Crippen LogP) is 2.17. The lowest BCUT2D eigenvalue weighted by Crippen LogP contribution is -2.53. The van der Waals surface area contributed by atoms with Crippen LogP contribution in [0.25, 0.3) is 0 Å². The van der Waals surface area contributed by atoms with Gasteiger partial charge in [-0.15, -0.1) is 0 Å². The van der Waals surface area contributed by atoms with E-state index < -0.39 is 0 Å². The topological polar surface area (TPSA) is 69.5 Å². The third kappa shape index (κ3) is 4.24. The zero-order valence-corrected chi connectivity index (χ0v) is 14.9. The number of nitriles is 1. The highest BCUT2D eigenvalue weighted by Gasteiger charge is 2.29.